The molecule has 3 rings (SSSR count). The molecule has 21 heavy (non-hydrogen) atoms. The van der Waals surface area contributed by atoms with Crippen molar-refractivity contribution in [2.45, 2.75) is 0 Å². The van der Waals surface area contributed by atoms with Crippen molar-refractivity contribution in [3.63, 3.8) is 0 Å². The number of hydrogen-bond donors (Lipinski definition) is 1. The van der Waals surface area contributed by atoms with Crippen molar-refractivity contribution < 1.29 is 9.34 Å². The fraction of sp³-hybridized carbons (Fsp3) is 0. The quantitative estimate of drug-likeness (QED) is 0.577. The van der Waals surface area contributed by atoms with Gasteiger partial charge in [-0.05, 0) is 34.1 Å². The molecule has 2 aromatic heterocycles. The van der Waals surface area contributed by atoms with E-state index >= 15 is 0 Å². The Kier molecular flexibility index (Phi) is 3.22. The highest BCUT2D eigenvalue weighted by atomic mass is 79.9. The maximum absolute atomic E-state index is 11.1. The number of rotatable bonds is 3. The lowest BCUT2D eigenvalue weighted by molar-refractivity contribution is -0.384. The van der Waals surface area contributed by atoms with Crippen molar-refractivity contribution in [1.82, 2.24) is 9.78 Å². The highest BCUT2D eigenvalue weighted by molar-refractivity contribution is 9.10. The van der Waals surface area contributed by atoms with Gasteiger partial charge in [-0.3, -0.25) is 10.1 Å². The summed E-state index contributed by atoms with van der Waals surface area (Å²) in [4.78, 5) is 10.6. The molecule has 0 atom stereocenters. The second kappa shape index (κ2) is 5.06. The Hall–Kier alpha value is -2.61. The van der Waals surface area contributed by atoms with Crippen LogP contribution in [0.4, 0.5) is 11.5 Å². The maximum Gasteiger partial charge on any atom is 0.294 e. The van der Waals surface area contributed by atoms with Crippen LogP contribution in [0.3, 0.4) is 0 Å². The van der Waals surface area contributed by atoms with Gasteiger partial charge in [0.2, 0.25) is 0 Å². The summed E-state index contributed by atoms with van der Waals surface area (Å²) >= 11 is 3.21. The Morgan fingerprint density at radius 3 is 2.71 bits per heavy atom. The van der Waals surface area contributed by atoms with Gasteiger partial charge >= 0.3 is 0 Å². The highest BCUT2D eigenvalue weighted by Crippen LogP contribution is 2.29. The molecule has 0 saturated heterocycles. The summed E-state index contributed by atoms with van der Waals surface area (Å²) in [6.07, 6.45) is 0. The van der Waals surface area contributed by atoms with E-state index in [1.807, 2.05) is 0 Å². The molecule has 0 aliphatic carbocycles. The third-order valence-corrected chi connectivity index (χ3v) is 3.30. The van der Waals surface area contributed by atoms with Gasteiger partial charge in [0, 0.05) is 12.1 Å². The number of nitro benzene ring substituents is 1. The van der Waals surface area contributed by atoms with Crippen LogP contribution in [0.1, 0.15) is 0 Å². The number of benzene rings is 1. The molecule has 8 heteroatoms. The van der Waals surface area contributed by atoms with Crippen molar-refractivity contribution in [3.05, 3.63) is 57.2 Å². The highest BCUT2D eigenvalue weighted by Gasteiger charge is 2.19. The topological polar surface area (TPSA) is 100 Å². The van der Waals surface area contributed by atoms with Crippen molar-refractivity contribution in [3.8, 4) is 17.1 Å². The van der Waals surface area contributed by atoms with Gasteiger partial charge in [-0.15, -0.1) is 0 Å². The number of hydrogen-bond acceptors (Lipinski definition) is 5. The lowest BCUT2D eigenvalue weighted by atomic mass is 10.3. The average Bonchev–Trinajstić information content (AvgIpc) is 3.05. The molecule has 0 saturated carbocycles. The van der Waals surface area contributed by atoms with Crippen molar-refractivity contribution >= 4 is 27.4 Å². The first-order valence-electron chi connectivity index (χ1n) is 5.91. The monoisotopic (exact) mass is 348 g/mol. The summed E-state index contributed by atoms with van der Waals surface area (Å²) in [5, 5.41) is 15.4. The van der Waals surface area contributed by atoms with Gasteiger partial charge in [0.1, 0.15) is 17.2 Å². The summed E-state index contributed by atoms with van der Waals surface area (Å²) in [5.41, 5.74) is 6.64. The summed E-state index contributed by atoms with van der Waals surface area (Å²) < 4.78 is 7.29. The van der Waals surface area contributed by atoms with E-state index in [-0.39, 0.29) is 11.5 Å². The van der Waals surface area contributed by atoms with Crippen molar-refractivity contribution in [2.75, 3.05) is 5.73 Å². The van der Waals surface area contributed by atoms with E-state index in [9.17, 15) is 10.1 Å². The molecule has 0 amide bonds. The third-order valence-electron chi connectivity index (χ3n) is 2.87. The number of aromatic nitrogens is 2. The number of para-hydroxylation sites is 2. The summed E-state index contributed by atoms with van der Waals surface area (Å²) in [5.74, 6) is 0.803. The zero-order chi connectivity index (χ0) is 15.0. The summed E-state index contributed by atoms with van der Waals surface area (Å²) in [6, 6.07) is 11.3. The van der Waals surface area contributed by atoms with Crippen LogP contribution in [0.5, 0.6) is 0 Å². The molecule has 0 unspecified atom stereocenters. The van der Waals surface area contributed by atoms with E-state index < -0.39 is 4.92 Å². The molecule has 0 aliphatic heterocycles. The van der Waals surface area contributed by atoms with E-state index in [0.717, 1.165) is 0 Å². The Bertz CT molecular complexity index is 824. The van der Waals surface area contributed by atoms with Crippen LogP contribution in [-0.4, -0.2) is 14.7 Å². The fourth-order valence-corrected chi connectivity index (χ4v) is 2.27. The van der Waals surface area contributed by atoms with E-state index in [2.05, 4.69) is 21.0 Å². The molecular weight excluding hydrogens is 340 g/mol. The smallest absolute Gasteiger partial charge is 0.294 e. The van der Waals surface area contributed by atoms with Crippen molar-refractivity contribution in [1.29, 1.82) is 0 Å². The van der Waals surface area contributed by atoms with Crippen LogP contribution < -0.4 is 5.73 Å². The van der Waals surface area contributed by atoms with Crippen molar-refractivity contribution in [2.24, 2.45) is 0 Å². The average molecular weight is 349 g/mol. The normalized spacial score (nSPS) is 10.7. The first kappa shape index (κ1) is 13.4. The number of nitrogens with two attached hydrogens (primary N) is 1. The van der Waals surface area contributed by atoms with E-state index in [1.165, 1.54) is 10.7 Å². The van der Waals surface area contributed by atoms with Gasteiger partial charge in [-0.25, -0.2) is 4.68 Å². The van der Waals surface area contributed by atoms with E-state index in [0.29, 0.717) is 21.8 Å². The number of halogens is 1. The van der Waals surface area contributed by atoms with E-state index in [4.69, 9.17) is 10.2 Å². The minimum Gasteiger partial charge on any atom is -0.448 e. The standard InChI is InChI=1S/C13H9BrN4O3/c14-12-6-5-11(21-12)8-7-13(15)17(16-8)9-3-1-2-4-10(9)18(19)20/h1-7H,15H2. The first-order chi connectivity index (χ1) is 10.1. The molecule has 2 N–H and O–H groups in total. The molecular formula is C13H9BrN4O3. The SMILES string of the molecule is Nc1cc(-c2ccc(Br)o2)nn1-c1ccccc1[N+](=O)[O-]. The predicted molar refractivity (Wildman–Crippen MR) is 80.0 cm³/mol. The molecule has 0 fully saturated rings. The molecule has 2 heterocycles. The van der Waals surface area contributed by atoms with Crippen LogP contribution >= 0.6 is 15.9 Å². The second-order valence-electron chi connectivity index (χ2n) is 4.22. The maximum atomic E-state index is 11.1. The van der Waals surface area contributed by atoms with Crippen LogP contribution in [0.25, 0.3) is 17.1 Å². The van der Waals surface area contributed by atoms with Crippen LogP contribution in [0, 0.1) is 10.1 Å². The Labute approximate surface area is 127 Å². The zero-order valence-electron chi connectivity index (χ0n) is 10.6. The fourth-order valence-electron chi connectivity index (χ4n) is 1.96. The lowest BCUT2D eigenvalue weighted by Crippen LogP contribution is -2.04. The summed E-state index contributed by atoms with van der Waals surface area (Å²) in [6.45, 7) is 0. The minimum absolute atomic E-state index is 0.0699. The molecule has 0 spiro atoms. The molecule has 106 valence electrons. The number of nitro groups is 1. The Morgan fingerprint density at radius 1 is 1.29 bits per heavy atom. The first-order valence-corrected chi connectivity index (χ1v) is 6.70. The molecule has 0 bridgehead atoms. The number of nitrogen functional groups attached to an aromatic ring is 1. The van der Waals surface area contributed by atoms with Gasteiger partial charge < -0.3 is 10.2 Å². The van der Waals surface area contributed by atoms with Gasteiger partial charge in [0.25, 0.3) is 5.69 Å². The number of nitrogens with zero attached hydrogens (tertiary/aromatic N) is 3. The van der Waals surface area contributed by atoms with Crippen LogP contribution in [0.2, 0.25) is 0 Å². The van der Waals surface area contributed by atoms with Crippen LogP contribution in [-0.2, 0) is 0 Å². The second-order valence-corrected chi connectivity index (χ2v) is 5.00. The molecule has 3 aromatic rings. The largest absolute Gasteiger partial charge is 0.448 e. The van der Waals surface area contributed by atoms with Gasteiger partial charge in [-0.2, -0.15) is 5.10 Å². The zero-order valence-corrected chi connectivity index (χ0v) is 12.1. The Morgan fingerprint density at radius 2 is 2.05 bits per heavy atom. The van der Waals surface area contributed by atoms with E-state index in [1.54, 1.807) is 36.4 Å². The van der Waals surface area contributed by atoms with Crippen LogP contribution in [0.15, 0.2) is 51.6 Å². The summed E-state index contributed by atoms with van der Waals surface area (Å²) in [7, 11) is 0. The predicted octanol–water partition coefficient (Wildman–Crippen LogP) is 3.39. The van der Waals surface area contributed by atoms with Gasteiger partial charge in [0.15, 0.2) is 10.4 Å². The molecule has 7 nitrogen and oxygen atoms in total. The molecule has 0 aliphatic rings. The van der Waals surface area contributed by atoms with Gasteiger partial charge in [-0.1, -0.05) is 12.1 Å². The number of furan rings is 1. The van der Waals surface area contributed by atoms with Gasteiger partial charge in [0.05, 0.1) is 4.92 Å². The number of anilines is 1. The molecule has 1 aromatic carbocycles. The Balaban J connectivity index is 2.12. The minimum atomic E-state index is -0.473. The lowest BCUT2D eigenvalue weighted by Gasteiger charge is -2.04. The third kappa shape index (κ3) is 2.40. The molecule has 0 radical (unpaired) electrons.